The van der Waals surface area contributed by atoms with Crippen molar-refractivity contribution in [1.29, 1.82) is 0 Å². The van der Waals surface area contributed by atoms with Gasteiger partial charge in [0.2, 0.25) is 0 Å². The number of imide groups is 1. The van der Waals surface area contributed by atoms with Crippen LogP contribution in [0.15, 0.2) is 24.3 Å². The fourth-order valence-electron chi connectivity index (χ4n) is 1.69. The molecule has 6 heteroatoms. The molecule has 1 aromatic rings. The van der Waals surface area contributed by atoms with Gasteiger partial charge in [0, 0.05) is 6.54 Å². The SMILES string of the molecule is COC(=O)N(CCc1ccc(OC(C)(C)C)cc1)C(=O)O. The molecule has 2 amide bonds. The molecule has 0 aliphatic rings. The standard InChI is InChI=1S/C15H21NO5/c1-15(2,3)21-12-7-5-11(6-8-12)9-10-16(13(17)18)14(19)20-4/h5-8H,9-10H2,1-4H3,(H,17,18). The quantitative estimate of drug-likeness (QED) is 0.923. The van der Waals surface area contributed by atoms with E-state index in [0.717, 1.165) is 18.4 Å². The van der Waals surface area contributed by atoms with Gasteiger partial charge in [-0.05, 0) is 44.9 Å². The second-order valence-corrected chi connectivity index (χ2v) is 5.51. The molecular weight excluding hydrogens is 274 g/mol. The Bertz CT molecular complexity index is 490. The first kappa shape index (κ1) is 16.8. The van der Waals surface area contributed by atoms with Crippen LogP contribution in [0.5, 0.6) is 5.75 Å². The highest BCUT2D eigenvalue weighted by Crippen LogP contribution is 2.18. The van der Waals surface area contributed by atoms with Gasteiger partial charge in [0.25, 0.3) is 0 Å². The van der Waals surface area contributed by atoms with Crippen LogP contribution in [0.25, 0.3) is 0 Å². The molecule has 0 saturated carbocycles. The molecule has 6 nitrogen and oxygen atoms in total. The molecule has 1 aromatic carbocycles. The van der Waals surface area contributed by atoms with Gasteiger partial charge in [0.1, 0.15) is 11.4 Å². The Morgan fingerprint density at radius 2 is 1.76 bits per heavy atom. The Hall–Kier alpha value is -2.24. The van der Waals surface area contributed by atoms with E-state index in [1.54, 1.807) is 0 Å². The Morgan fingerprint density at radius 3 is 2.19 bits per heavy atom. The summed E-state index contributed by atoms with van der Waals surface area (Å²) in [5.41, 5.74) is 0.637. The number of hydrogen-bond donors (Lipinski definition) is 1. The first-order chi connectivity index (χ1) is 9.73. The summed E-state index contributed by atoms with van der Waals surface area (Å²) in [5.74, 6) is 0.745. The molecule has 1 rings (SSSR count). The van der Waals surface area contributed by atoms with Gasteiger partial charge in [0.05, 0.1) is 7.11 Å². The molecule has 0 aliphatic carbocycles. The minimum Gasteiger partial charge on any atom is -0.488 e. The summed E-state index contributed by atoms with van der Waals surface area (Å²) in [5, 5.41) is 8.93. The van der Waals surface area contributed by atoms with Crippen LogP contribution in [0.4, 0.5) is 9.59 Å². The van der Waals surface area contributed by atoms with Crippen LogP contribution in [0.3, 0.4) is 0 Å². The molecule has 0 aromatic heterocycles. The minimum absolute atomic E-state index is 0.0431. The number of rotatable bonds is 4. The Morgan fingerprint density at radius 1 is 1.19 bits per heavy atom. The van der Waals surface area contributed by atoms with Crippen LogP contribution in [-0.2, 0) is 11.2 Å². The number of methoxy groups -OCH3 is 1. The van der Waals surface area contributed by atoms with Crippen molar-refractivity contribution in [3.05, 3.63) is 29.8 Å². The lowest BCUT2D eigenvalue weighted by atomic mass is 10.1. The van der Waals surface area contributed by atoms with Gasteiger partial charge in [0.15, 0.2) is 0 Å². The van der Waals surface area contributed by atoms with E-state index in [2.05, 4.69) is 4.74 Å². The van der Waals surface area contributed by atoms with Crippen LogP contribution in [-0.4, -0.2) is 41.4 Å². The molecule has 0 radical (unpaired) electrons. The highest BCUT2D eigenvalue weighted by atomic mass is 16.6. The fourth-order valence-corrected chi connectivity index (χ4v) is 1.69. The van der Waals surface area contributed by atoms with Crippen molar-refractivity contribution in [1.82, 2.24) is 4.90 Å². The summed E-state index contributed by atoms with van der Waals surface area (Å²) in [6.07, 6.45) is -1.79. The number of carbonyl (C=O) groups excluding carboxylic acids is 1. The van der Waals surface area contributed by atoms with E-state index in [1.165, 1.54) is 0 Å². The molecule has 0 unspecified atom stereocenters. The third-order valence-electron chi connectivity index (χ3n) is 2.60. The molecule has 21 heavy (non-hydrogen) atoms. The first-order valence-electron chi connectivity index (χ1n) is 6.59. The van der Waals surface area contributed by atoms with E-state index in [0.29, 0.717) is 11.3 Å². The van der Waals surface area contributed by atoms with Gasteiger partial charge in [-0.15, -0.1) is 0 Å². The number of amides is 2. The fraction of sp³-hybridized carbons (Fsp3) is 0.467. The highest BCUT2D eigenvalue weighted by Gasteiger charge is 2.20. The van der Waals surface area contributed by atoms with Crippen molar-refractivity contribution in [2.75, 3.05) is 13.7 Å². The number of hydrogen-bond acceptors (Lipinski definition) is 4. The summed E-state index contributed by atoms with van der Waals surface area (Å²) in [6.45, 7) is 5.92. The molecule has 0 spiro atoms. The molecule has 0 bridgehead atoms. The largest absolute Gasteiger partial charge is 0.488 e. The van der Waals surface area contributed by atoms with Crippen LogP contribution >= 0.6 is 0 Å². The van der Waals surface area contributed by atoms with Crippen molar-refractivity contribution in [3.8, 4) is 5.75 Å². The van der Waals surface area contributed by atoms with Crippen molar-refractivity contribution in [3.63, 3.8) is 0 Å². The monoisotopic (exact) mass is 295 g/mol. The predicted octanol–water partition coefficient (Wildman–Crippen LogP) is 3.15. The minimum atomic E-state index is -1.32. The molecule has 116 valence electrons. The summed E-state index contributed by atoms with van der Waals surface area (Å²) in [4.78, 5) is 22.9. The van der Waals surface area contributed by atoms with Gasteiger partial charge in [-0.2, -0.15) is 0 Å². The van der Waals surface area contributed by atoms with E-state index < -0.39 is 12.2 Å². The van der Waals surface area contributed by atoms with E-state index in [-0.39, 0.29) is 12.1 Å². The average molecular weight is 295 g/mol. The third kappa shape index (κ3) is 5.72. The zero-order chi connectivity index (χ0) is 16.0. The van der Waals surface area contributed by atoms with Crippen molar-refractivity contribution >= 4 is 12.2 Å². The Balaban J connectivity index is 2.63. The molecule has 0 heterocycles. The van der Waals surface area contributed by atoms with Crippen LogP contribution in [0, 0.1) is 0 Å². The van der Waals surface area contributed by atoms with E-state index in [1.807, 2.05) is 45.0 Å². The first-order valence-corrected chi connectivity index (χ1v) is 6.59. The zero-order valence-corrected chi connectivity index (χ0v) is 12.8. The van der Waals surface area contributed by atoms with E-state index in [4.69, 9.17) is 9.84 Å². The van der Waals surface area contributed by atoms with Crippen molar-refractivity contribution in [2.24, 2.45) is 0 Å². The van der Waals surface area contributed by atoms with Gasteiger partial charge >= 0.3 is 12.2 Å². The second kappa shape index (κ2) is 6.97. The summed E-state index contributed by atoms with van der Waals surface area (Å²) in [7, 11) is 1.15. The summed E-state index contributed by atoms with van der Waals surface area (Å²) >= 11 is 0. The molecular formula is C15H21NO5. The number of carboxylic acid groups (broad SMARTS) is 1. The van der Waals surface area contributed by atoms with Gasteiger partial charge in [-0.3, -0.25) is 0 Å². The predicted molar refractivity (Wildman–Crippen MR) is 77.7 cm³/mol. The molecule has 0 fully saturated rings. The lowest BCUT2D eigenvalue weighted by molar-refractivity contribution is 0.110. The number of carbonyl (C=O) groups is 2. The van der Waals surface area contributed by atoms with Crippen LogP contribution in [0.1, 0.15) is 26.3 Å². The maximum atomic E-state index is 11.3. The molecule has 1 N–H and O–H groups in total. The normalized spacial score (nSPS) is 10.9. The lowest BCUT2D eigenvalue weighted by Crippen LogP contribution is -2.37. The van der Waals surface area contributed by atoms with Crippen molar-refractivity contribution < 1.29 is 24.2 Å². The number of benzene rings is 1. The van der Waals surface area contributed by atoms with Gasteiger partial charge in [-0.1, -0.05) is 12.1 Å². The van der Waals surface area contributed by atoms with E-state index in [9.17, 15) is 9.59 Å². The second-order valence-electron chi connectivity index (χ2n) is 5.51. The molecule has 0 aliphatic heterocycles. The summed E-state index contributed by atoms with van der Waals surface area (Å²) in [6, 6.07) is 7.34. The smallest absolute Gasteiger partial charge is 0.419 e. The highest BCUT2D eigenvalue weighted by molar-refractivity contribution is 5.86. The lowest BCUT2D eigenvalue weighted by Gasteiger charge is -2.21. The van der Waals surface area contributed by atoms with Gasteiger partial charge in [-0.25, -0.2) is 14.5 Å². The Labute approximate surface area is 124 Å². The van der Waals surface area contributed by atoms with E-state index >= 15 is 0 Å². The van der Waals surface area contributed by atoms with Crippen LogP contribution in [0.2, 0.25) is 0 Å². The van der Waals surface area contributed by atoms with Gasteiger partial charge < -0.3 is 14.6 Å². The number of nitrogens with zero attached hydrogens (tertiary/aromatic N) is 1. The summed E-state index contributed by atoms with van der Waals surface area (Å²) < 4.78 is 10.1. The topological polar surface area (TPSA) is 76.1 Å². The maximum Gasteiger partial charge on any atom is 0.419 e. The maximum absolute atomic E-state index is 11.3. The Kier molecular flexibility index (Phi) is 5.58. The zero-order valence-electron chi connectivity index (χ0n) is 12.8. The number of ether oxygens (including phenoxy) is 2. The molecule has 0 atom stereocenters. The third-order valence-corrected chi connectivity index (χ3v) is 2.60. The molecule has 0 saturated heterocycles. The van der Waals surface area contributed by atoms with Crippen LogP contribution < -0.4 is 4.74 Å². The average Bonchev–Trinajstić information content (AvgIpc) is 2.38. The van der Waals surface area contributed by atoms with Crippen molar-refractivity contribution in [2.45, 2.75) is 32.8 Å².